The van der Waals surface area contributed by atoms with E-state index in [2.05, 4.69) is 10.9 Å². The van der Waals surface area contributed by atoms with E-state index in [1.165, 1.54) is 0 Å². The highest BCUT2D eigenvalue weighted by Gasteiger charge is 2.12. The number of carboxylic acid groups (broad SMARTS) is 1. The Morgan fingerprint density at radius 1 is 1.50 bits per heavy atom. The van der Waals surface area contributed by atoms with Crippen LogP contribution in [0.25, 0.3) is 10.8 Å². The third kappa shape index (κ3) is 2.11. The van der Waals surface area contributed by atoms with Crippen LogP contribution in [0.1, 0.15) is 10.5 Å². The molecule has 1 N–H and O–H groups in total. The number of terminal acetylenes is 1. The van der Waals surface area contributed by atoms with Crippen molar-refractivity contribution in [2.45, 2.75) is 0 Å². The van der Waals surface area contributed by atoms with E-state index in [0.29, 0.717) is 12.4 Å². The molecular weight excluding hydrogens is 228 g/mol. The number of carbonyl (C=O) groups is 1. The second-order valence-electron chi connectivity index (χ2n) is 3.92. The molecule has 18 heavy (non-hydrogen) atoms. The number of rotatable bonds is 3. The maximum Gasteiger partial charge on any atom is 0.354 e. The number of fused-ring (bicyclic) bond motifs is 1. The van der Waals surface area contributed by atoms with Crippen molar-refractivity contribution in [2.24, 2.45) is 0 Å². The lowest BCUT2D eigenvalue weighted by Crippen LogP contribution is -2.19. The van der Waals surface area contributed by atoms with Gasteiger partial charge in [0, 0.05) is 12.4 Å². The van der Waals surface area contributed by atoms with Crippen molar-refractivity contribution in [3.63, 3.8) is 0 Å². The van der Waals surface area contributed by atoms with Crippen molar-refractivity contribution in [1.29, 1.82) is 0 Å². The molecule has 0 aliphatic rings. The third-order valence-corrected chi connectivity index (χ3v) is 2.63. The molecule has 0 bridgehead atoms. The largest absolute Gasteiger partial charge is 0.477 e. The number of nitrogens with zero attached hydrogens (tertiary/aromatic N) is 2. The first-order valence-corrected chi connectivity index (χ1v) is 5.41. The van der Waals surface area contributed by atoms with Crippen LogP contribution in [0.3, 0.4) is 0 Å². The number of aromatic carboxylic acids is 1. The summed E-state index contributed by atoms with van der Waals surface area (Å²) in [6.45, 7) is 0.375. The highest BCUT2D eigenvalue weighted by atomic mass is 16.4. The second-order valence-corrected chi connectivity index (χ2v) is 3.92. The molecule has 1 aromatic carbocycles. The predicted octanol–water partition coefficient (Wildman–Crippen LogP) is 2.00. The summed E-state index contributed by atoms with van der Waals surface area (Å²) < 4.78 is 0. The summed E-state index contributed by atoms with van der Waals surface area (Å²) in [5, 5.41) is 10.8. The van der Waals surface area contributed by atoms with Gasteiger partial charge in [0.1, 0.15) is 5.82 Å². The molecule has 1 aromatic heterocycles. The molecule has 0 aliphatic heterocycles. The van der Waals surface area contributed by atoms with Crippen molar-refractivity contribution < 1.29 is 9.90 Å². The summed E-state index contributed by atoms with van der Waals surface area (Å²) in [4.78, 5) is 17.0. The standard InChI is InChI=1S/C14H12N2O2/c1-3-8-16(2)13-11-7-5-4-6-10(11)9-12(15-13)14(17)18/h1,4-7,9H,8H2,2H3,(H,17,18). The lowest BCUT2D eigenvalue weighted by molar-refractivity contribution is 0.0691. The van der Waals surface area contributed by atoms with Crippen LogP contribution in [-0.2, 0) is 0 Å². The SMILES string of the molecule is C#CCN(C)c1nc(C(=O)O)cc2ccccc12. The average Bonchev–Trinajstić information content (AvgIpc) is 2.37. The Hall–Kier alpha value is -2.54. The molecule has 4 nitrogen and oxygen atoms in total. The van der Waals surface area contributed by atoms with Crippen molar-refractivity contribution in [3.05, 3.63) is 36.0 Å². The molecule has 0 unspecified atom stereocenters. The lowest BCUT2D eigenvalue weighted by atomic mass is 10.1. The fourth-order valence-corrected chi connectivity index (χ4v) is 1.79. The lowest BCUT2D eigenvalue weighted by Gasteiger charge is -2.17. The van der Waals surface area contributed by atoms with Gasteiger partial charge in [-0.15, -0.1) is 6.42 Å². The number of benzene rings is 1. The first-order valence-electron chi connectivity index (χ1n) is 5.41. The number of carboxylic acids is 1. The van der Waals surface area contributed by atoms with Crippen LogP contribution in [0.2, 0.25) is 0 Å². The highest BCUT2D eigenvalue weighted by Crippen LogP contribution is 2.24. The predicted molar refractivity (Wildman–Crippen MR) is 70.8 cm³/mol. The molecule has 0 saturated carbocycles. The molecule has 0 amide bonds. The zero-order valence-electron chi connectivity index (χ0n) is 9.92. The summed E-state index contributed by atoms with van der Waals surface area (Å²) in [5.41, 5.74) is 0.0209. The molecule has 2 rings (SSSR count). The van der Waals surface area contributed by atoms with Gasteiger partial charge in [-0.2, -0.15) is 0 Å². The van der Waals surface area contributed by atoms with Crippen molar-refractivity contribution in [3.8, 4) is 12.3 Å². The minimum absolute atomic E-state index is 0.0209. The Bertz CT molecular complexity index is 644. The van der Waals surface area contributed by atoms with Crippen LogP contribution in [0.4, 0.5) is 5.82 Å². The van der Waals surface area contributed by atoms with Gasteiger partial charge >= 0.3 is 5.97 Å². The van der Waals surface area contributed by atoms with Crippen molar-refractivity contribution in [2.75, 3.05) is 18.5 Å². The second kappa shape index (κ2) is 4.76. The first kappa shape index (κ1) is 11.9. The zero-order valence-corrected chi connectivity index (χ0v) is 9.92. The third-order valence-electron chi connectivity index (χ3n) is 2.63. The minimum Gasteiger partial charge on any atom is -0.477 e. The van der Waals surface area contributed by atoms with Gasteiger partial charge in [0.05, 0.1) is 6.54 Å². The van der Waals surface area contributed by atoms with Gasteiger partial charge < -0.3 is 10.0 Å². The molecule has 4 heteroatoms. The Balaban J connectivity index is 2.68. The van der Waals surface area contributed by atoms with Gasteiger partial charge in [-0.1, -0.05) is 30.2 Å². The summed E-state index contributed by atoms with van der Waals surface area (Å²) in [6, 6.07) is 9.06. The van der Waals surface area contributed by atoms with Gasteiger partial charge in [-0.25, -0.2) is 9.78 Å². The summed E-state index contributed by atoms with van der Waals surface area (Å²) in [7, 11) is 1.79. The topological polar surface area (TPSA) is 53.4 Å². The van der Waals surface area contributed by atoms with Gasteiger partial charge in [0.2, 0.25) is 0 Å². The van der Waals surface area contributed by atoms with E-state index in [1.54, 1.807) is 18.0 Å². The van der Waals surface area contributed by atoms with Crippen LogP contribution < -0.4 is 4.90 Å². The summed E-state index contributed by atoms with van der Waals surface area (Å²) >= 11 is 0. The molecule has 0 radical (unpaired) electrons. The van der Waals surface area contributed by atoms with E-state index in [1.807, 2.05) is 24.3 Å². The van der Waals surface area contributed by atoms with Crippen molar-refractivity contribution in [1.82, 2.24) is 4.98 Å². The highest BCUT2D eigenvalue weighted by molar-refractivity contribution is 5.98. The Labute approximate surface area is 105 Å². The molecule has 1 heterocycles. The van der Waals surface area contributed by atoms with Crippen LogP contribution in [0, 0.1) is 12.3 Å². The average molecular weight is 240 g/mol. The molecule has 0 aliphatic carbocycles. The molecule has 90 valence electrons. The number of pyridine rings is 1. The number of hydrogen-bond acceptors (Lipinski definition) is 3. The van der Waals surface area contributed by atoms with E-state index in [-0.39, 0.29) is 5.69 Å². The fraction of sp³-hybridized carbons (Fsp3) is 0.143. The van der Waals surface area contributed by atoms with E-state index in [4.69, 9.17) is 11.5 Å². The van der Waals surface area contributed by atoms with Gasteiger partial charge in [-0.05, 0) is 11.5 Å². The molecule has 0 fully saturated rings. The van der Waals surface area contributed by atoms with Gasteiger partial charge in [-0.3, -0.25) is 0 Å². The molecular formula is C14H12N2O2. The summed E-state index contributed by atoms with van der Waals surface area (Å²) in [5.74, 6) is 2.06. The van der Waals surface area contributed by atoms with E-state index in [0.717, 1.165) is 10.8 Å². The quantitative estimate of drug-likeness (QED) is 0.834. The van der Waals surface area contributed by atoms with E-state index in [9.17, 15) is 4.79 Å². The zero-order chi connectivity index (χ0) is 13.1. The molecule has 0 saturated heterocycles. The maximum atomic E-state index is 11.1. The first-order chi connectivity index (χ1) is 8.63. The number of hydrogen-bond donors (Lipinski definition) is 1. The fourth-order valence-electron chi connectivity index (χ4n) is 1.79. The minimum atomic E-state index is -1.05. The number of anilines is 1. The van der Waals surface area contributed by atoms with E-state index >= 15 is 0 Å². The molecule has 0 atom stereocenters. The number of aromatic nitrogens is 1. The Morgan fingerprint density at radius 2 is 2.22 bits per heavy atom. The van der Waals surface area contributed by atoms with Crippen LogP contribution >= 0.6 is 0 Å². The maximum absolute atomic E-state index is 11.1. The van der Waals surface area contributed by atoms with E-state index < -0.39 is 5.97 Å². The Morgan fingerprint density at radius 3 is 2.89 bits per heavy atom. The Kier molecular flexibility index (Phi) is 3.16. The molecule has 2 aromatic rings. The summed E-state index contributed by atoms with van der Waals surface area (Å²) in [6.07, 6.45) is 5.27. The van der Waals surface area contributed by atoms with Gasteiger partial charge in [0.25, 0.3) is 0 Å². The molecule has 0 spiro atoms. The van der Waals surface area contributed by atoms with Crippen LogP contribution in [-0.4, -0.2) is 29.7 Å². The van der Waals surface area contributed by atoms with Crippen LogP contribution in [0.15, 0.2) is 30.3 Å². The normalized spacial score (nSPS) is 10.0. The monoisotopic (exact) mass is 240 g/mol. The smallest absolute Gasteiger partial charge is 0.354 e. The van der Waals surface area contributed by atoms with Crippen molar-refractivity contribution >= 4 is 22.6 Å². The van der Waals surface area contributed by atoms with Gasteiger partial charge in [0.15, 0.2) is 5.69 Å². The van der Waals surface area contributed by atoms with Crippen LogP contribution in [0.5, 0.6) is 0 Å².